The van der Waals surface area contributed by atoms with Gasteiger partial charge in [-0.1, -0.05) is 5.21 Å². The fourth-order valence-electron chi connectivity index (χ4n) is 5.97. The molecular formula is C17H25N5O. The normalized spacial score (nSPS) is 39.0. The number of carbonyl (C=O) groups excluding carboxylic acids is 1. The van der Waals surface area contributed by atoms with Crippen molar-refractivity contribution in [3.05, 3.63) is 11.9 Å². The second kappa shape index (κ2) is 5.03. The van der Waals surface area contributed by atoms with E-state index in [-0.39, 0.29) is 11.4 Å². The zero-order chi connectivity index (χ0) is 15.4. The predicted octanol–water partition coefficient (Wildman–Crippen LogP) is 1.25. The highest BCUT2D eigenvalue weighted by atomic mass is 16.2. The molecule has 6 heteroatoms. The van der Waals surface area contributed by atoms with Crippen molar-refractivity contribution < 1.29 is 4.79 Å². The summed E-state index contributed by atoms with van der Waals surface area (Å²) in [5.74, 6) is 2.66. The van der Waals surface area contributed by atoms with Gasteiger partial charge < -0.3 is 10.2 Å². The Kier molecular flexibility index (Phi) is 3.05. The zero-order valence-corrected chi connectivity index (χ0v) is 13.6. The number of aromatic nitrogens is 3. The third-order valence-corrected chi connectivity index (χ3v) is 6.61. The summed E-state index contributed by atoms with van der Waals surface area (Å²) in [5.41, 5.74) is 0.687. The fraction of sp³-hybridized carbons (Fsp3) is 0.824. The minimum Gasteiger partial charge on any atom is -0.335 e. The van der Waals surface area contributed by atoms with Gasteiger partial charge in [-0.3, -0.25) is 4.79 Å². The third kappa shape index (κ3) is 2.22. The lowest BCUT2D eigenvalue weighted by Crippen LogP contribution is -2.52. The average molecular weight is 315 g/mol. The van der Waals surface area contributed by atoms with E-state index in [1.54, 1.807) is 0 Å². The fourth-order valence-corrected chi connectivity index (χ4v) is 5.97. The first-order valence-corrected chi connectivity index (χ1v) is 9.15. The summed E-state index contributed by atoms with van der Waals surface area (Å²) in [4.78, 5) is 14.5. The maximum atomic E-state index is 12.6. The Morgan fingerprint density at radius 1 is 1.09 bits per heavy atom. The molecule has 0 radical (unpaired) electrons. The summed E-state index contributed by atoms with van der Waals surface area (Å²) in [5, 5.41) is 12.0. The van der Waals surface area contributed by atoms with Crippen molar-refractivity contribution in [1.82, 2.24) is 25.2 Å². The van der Waals surface area contributed by atoms with Crippen molar-refractivity contribution in [3.63, 3.8) is 0 Å². The molecule has 6 nitrogen and oxygen atoms in total. The van der Waals surface area contributed by atoms with Crippen LogP contribution in [0.5, 0.6) is 0 Å². The zero-order valence-electron chi connectivity index (χ0n) is 13.6. The van der Waals surface area contributed by atoms with E-state index in [1.165, 1.54) is 38.5 Å². The van der Waals surface area contributed by atoms with Gasteiger partial charge in [0.15, 0.2) is 5.69 Å². The van der Waals surface area contributed by atoms with E-state index in [0.29, 0.717) is 5.69 Å². The molecule has 1 saturated heterocycles. The van der Waals surface area contributed by atoms with E-state index in [2.05, 4.69) is 20.3 Å². The maximum Gasteiger partial charge on any atom is 0.276 e. The quantitative estimate of drug-likeness (QED) is 0.892. The summed E-state index contributed by atoms with van der Waals surface area (Å²) in [6, 6.07) is 0. The Bertz CT molecular complexity index is 583. The number of hydrogen-bond acceptors (Lipinski definition) is 4. The van der Waals surface area contributed by atoms with Crippen LogP contribution in [-0.2, 0) is 5.54 Å². The molecule has 6 rings (SSSR count). The average Bonchev–Trinajstić information content (AvgIpc) is 3.04. The number of rotatable bonds is 2. The van der Waals surface area contributed by atoms with Gasteiger partial charge in [0.2, 0.25) is 0 Å². The Morgan fingerprint density at radius 2 is 1.70 bits per heavy atom. The summed E-state index contributed by atoms with van der Waals surface area (Å²) in [6.45, 7) is 3.27. The standard InChI is InChI=1S/C17H25N5O/c23-16(21-3-1-18-2-4-21)15-11-22(20-19-15)17-8-12-5-13(9-17)7-14(6-12)10-17/h11-14,18H,1-10H2. The van der Waals surface area contributed by atoms with Gasteiger partial charge in [-0.2, -0.15) is 0 Å². The topological polar surface area (TPSA) is 63.1 Å². The molecule has 0 aromatic carbocycles. The summed E-state index contributed by atoms with van der Waals surface area (Å²) >= 11 is 0. The van der Waals surface area contributed by atoms with Gasteiger partial charge in [0.25, 0.3) is 5.91 Å². The van der Waals surface area contributed by atoms with Crippen molar-refractivity contribution in [2.24, 2.45) is 17.8 Å². The number of amides is 1. The van der Waals surface area contributed by atoms with Crippen LogP contribution in [0.2, 0.25) is 0 Å². The molecule has 4 saturated carbocycles. The molecule has 1 aromatic rings. The maximum absolute atomic E-state index is 12.6. The van der Waals surface area contributed by atoms with Gasteiger partial charge in [-0.05, 0) is 56.3 Å². The number of piperazine rings is 1. The lowest BCUT2D eigenvalue weighted by Gasteiger charge is -2.56. The highest BCUT2D eigenvalue weighted by molar-refractivity contribution is 5.92. The lowest BCUT2D eigenvalue weighted by atomic mass is 9.53. The van der Waals surface area contributed by atoms with Crippen molar-refractivity contribution in [1.29, 1.82) is 0 Å². The van der Waals surface area contributed by atoms with E-state index in [9.17, 15) is 4.79 Å². The molecule has 23 heavy (non-hydrogen) atoms. The molecular weight excluding hydrogens is 290 g/mol. The Morgan fingerprint density at radius 3 is 2.30 bits per heavy atom. The molecule has 4 aliphatic carbocycles. The highest BCUT2D eigenvalue weighted by Crippen LogP contribution is 2.58. The molecule has 2 heterocycles. The van der Waals surface area contributed by atoms with Crippen molar-refractivity contribution in [2.45, 2.75) is 44.1 Å². The van der Waals surface area contributed by atoms with Crippen molar-refractivity contribution >= 4 is 5.91 Å². The van der Waals surface area contributed by atoms with Gasteiger partial charge in [-0.25, -0.2) is 4.68 Å². The van der Waals surface area contributed by atoms with Crippen LogP contribution < -0.4 is 5.32 Å². The molecule has 0 unspecified atom stereocenters. The van der Waals surface area contributed by atoms with Crippen LogP contribution >= 0.6 is 0 Å². The van der Waals surface area contributed by atoms with Crippen molar-refractivity contribution in [2.75, 3.05) is 26.2 Å². The Hall–Kier alpha value is -1.43. The van der Waals surface area contributed by atoms with Crippen LogP contribution in [-0.4, -0.2) is 52.0 Å². The van der Waals surface area contributed by atoms with Crippen LogP contribution in [0.3, 0.4) is 0 Å². The molecule has 5 fully saturated rings. The molecule has 0 atom stereocenters. The van der Waals surface area contributed by atoms with Crippen LogP contribution in [0, 0.1) is 17.8 Å². The van der Waals surface area contributed by atoms with E-state index >= 15 is 0 Å². The van der Waals surface area contributed by atoms with E-state index in [1.807, 2.05) is 11.1 Å². The number of carbonyl (C=O) groups is 1. The van der Waals surface area contributed by atoms with E-state index < -0.39 is 0 Å². The van der Waals surface area contributed by atoms with Crippen LogP contribution in [0.25, 0.3) is 0 Å². The molecule has 1 aromatic heterocycles. The Balaban J connectivity index is 1.40. The lowest BCUT2D eigenvalue weighted by molar-refractivity contribution is -0.0502. The van der Waals surface area contributed by atoms with Crippen LogP contribution in [0.15, 0.2) is 6.20 Å². The van der Waals surface area contributed by atoms with Crippen LogP contribution in [0.4, 0.5) is 0 Å². The first-order valence-electron chi connectivity index (χ1n) is 9.15. The molecule has 1 amide bonds. The first-order chi connectivity index (χ1) is 11.2. The second-order valence-electron chi connectivity index (χ2n) is 8.23. The van der Waals surface area contributed by atoms with Gasteiger partial charge in [0.1, 0.15) is 0 Å². The second-order valence-corrected chi connectivity index (χ2v) is 8.23. The van der Waals surface area contributed by atoms with Crippen molar-refractivity contribution in [3.8, 4) is 0 Å². The molecule has 1 N–H and O–H groups in total. The first kappa shape index (κ1) is 14.0. The molecule has 124 valence electrons. The van der Waals surface area contributed by atoms with Gasteiger partial charge in [0, 0.05) is 26.2 Å². The molecule has 0 spiro atoms. The minimum atomic E-state index is 0.0440. The smallest absolute Gasteiger partial charge is 0.276 e. The summed E-state index contributed by atoms with van der Waals surface area (Å²) in [7, 11) is 0. The SMILES string of the molecule is O=C(c1cn(C23CC4CC(CC(C4)C2)C3)nn1)N1CCNCC1. The number of nitrogens with zero attached hydrogens (tertiary/aromatic N) is 4. The van der Waals surface area contributed by atoms with E-state index in [4.69, 9.17) is 0 Å². The molecule has 1 aliphatic heterocycles. The predicted molar refractivity (Wildman–Crippen MR) is 84.9 cm³/mol. The third-order valence-electron chi connectivity index (χ3n) is 6.61. The summed E-state index contributed by atoms with van der Waals surface area (Å²) in [6.07, 6.45) is 9.91. The summed E-state index contributed by atoms with van der Waals surface area (Å²) < 4.78 is 2.08. The number of hydrogen-bond donors (Lipinski definition) is 1. The van der Waals surface area contributed by atoms with Gasteiger partial charge in [0.05, 0.1) is 11.7 Å². The number of nitrogens with one attached hydrogen (secondary N) is 1. The Labute approximate surface area is 136 Å². The molecule has 4 bridgehead atoms. The largest absolute Gasteiger partial charge is 0.335 e. The van der Waals surface area contributed by atoms with Gasteiger partial charge in [-0.15, -0.1) is 5.10 Å². The monoisotopic (exact) mass is 315 g/mol. The molecule has 5 aliphatic rings. The minimum absolute atomic E-state index is 0.0440. The van der Waals surface area contributed by atoms with E-state index in [0.717, 1.165) is 43.9 Å². The highest BCUT2D eigenvalue weighted by Gasteiger charge is 2.52. The van der Waals surface area contributed by atoms with Gasteiger partial charge >= 0.3 is 0 Å². The van der Waals surface area contributed by atoms with Crippen LogP contribution in [0.1, 0.15) is 49.0 Å².